The lowest BCUT2D eigenvalue weighted by molar-refractivity contribution is -0.147. The number of carbonyl (C=O) groups excluding carboxylic acids is 3. The lowest BCUT2D eigenvalue weighted by Gasteiger charge is -2.24. The Morgan fingerprint density at radius 1 is 1.19 bits per heavy atom. The van der Waals surface area contributed by atoms with Crippen molar-refractivity contribution in [3.8, 4) is 0 Å². The fraction of sp³-hybridized carbons (Fsp3) is 0.381. The van der Waals surface area contributed by atoms with Crippen molar-refractivity contribution in [3.05, 3.63) is 39.8 Å². The van der Waals surface area contributed by atoms with Crippen molar-refractivity contribution < 1.29 is 38.9 Å². The molecule has 0 saturated heterocycles. The summed E-state index contributed by atoms with van der Waals surface area (Å²) in [7, 11) is 0. The molecule has 0 bridgehead atoms. The average molecular weight is 460 g/mol. The van der Waals surface area contributed by atoms with Gasteiger partial charge >= 0.3 is 17.8 Å². The Hall–Kier alpha value is -3.31. The molecule has 3 atom stereocenters. The number of thiophene rings is 1. The van der Waals surface area contributed by atoms with Crippen LogP contribution in [0.1, 0.15) is 33.6 Å². The first-order chi connectivity index (χ1) is 15.3. The summed E-state index contributed by atoms with van der Waals surface area (Å²) in [6.45, 7) is 0.201. The Bertz CT molecular complexity index is 1090. The van der Waals surface area contributed by atoms with Crippen molar-refractivity contribution in [2.45, 2.75) is 32.0 Å². The van der Waals surface area contributed by atoms with E-state index in [1.165, 1.54) is 0 Å². The molecule has 3 aliphatic rings. The molecule has 4 rings (SSSR count). The number of carboxylic acid groups (broad SMARTS) is 2. The fourth-order valence-electron chi connectivity index (χ4n) is 4.29. The number of Topliss-reactive ketones (excluding diaryl/α,β-unsaturated/α-hetero) is 1. The van der Waals surface area contributed by atoms with Crippen molar-refractivity contribution in [2.24, 2.45) is 11.8 Å². The number of carbonyl (C=O) groups is 5. The third-order valence-corrected chi connectivity index (χ3v) is 6.94. The molecule has 0 spiro atoms. The summed E-state index contributed by atoms with van der Waals surface area (Å²) in [5.41, 5.74) is 1.11. The molecule has 168 valence electrons. The summed E-state index contributed by atoms with van der Waals surface area (Å²) in [5.74, 6) is -5.29. The van der Waals surface area contributed by atoms with Gasteiger partial charge < -0.3 is 25.6 Å². The van der Waals surface area contributed by atoms with E-state index in [9.17, 15) is 29.1 Å². The van der Waals surface area contributed by atoms with E-state index in [4.69, 9.17) is 9.84 Å². The highest BCUT2D eigenvalue weighted by Crippen LogP contribution is 2.39. The minimum Gasteiger partial charge on any atom is -0.478 e. The second-order valence-corrected chi connectivity index (χ2v) is 8.87. The van der Waals surface area contributed by atoms with Gasteiger partial charge in [-0.1, -0.05) is 18.2 Å². The molecule has 4 N–H and O–H groups in total. The van der Waals surface area contributed by atoms with Crippen molar-refractivity contribution >= 4 is 45.9 Å². The molecular weight excluding hydrogens is 440 g/mol. The molecule has 32 heavy (non-hydrogen) atoms. The number of fused-ring (bicyclic) bond motifs is 2. The van der Waals surface area contributed by atoms with Crippen LogP contribution in [-0.4, -0.2) is 52.4 Å². The molecule has 1 saturated carbocycles. The minimum atomic E-state index is -1.72. The summed E-state index contributed by atoms with van der Waals surface area (Å²) < 4.78 is 5.73. The maximum Gasteiger partial charge on any atom is 0.394 e. The molecule has 3 unspecified atom stereocenters. The summed E-state index contributed by atoms with van der Waals surface area (Å²) in [6.07, 6.45) is 6.03. The number of ketones is 1. The van der Waals surface area contributed by atoms with Gasteiger partial charge in [-0.15, -0.1) is 11.3 Å². The average Bonchev–Trinajstić information content (AvgIpc) is 3.29. The molecule has 10 nitrogen and oxygen atoms in total. The number of hydrogen-bond donors (Lipinski definition) is 4. The summed E-state index contributed by atoms with van der Waals surface area (Å²) in [6, 6.07) is 0. The standard InChI is InChI=1S/C21H20N2O8S/c24-14-6-12(10-3-1-2-4-11(10)14)17(25)22-7-9-5-13-15(8-31-9)32-19(16(13)20(27)28)23-18(26)21(29)30/h1-3,9,11-12H,4-8H2,(H,22,25)(H,23,26)(H,27,28)(H,29,30). The van der Waals surface area contributed by atoms with Gasteiger partial charge in [0.2, 0.25) is 5.91 Å². The van der Waals surface area contributed by atoms with Crippen LogP contribution < -0.4 is 10.6 Å². The molecule has 2 heterocycles. The Kier molecular flexibility index (Phi) is 5.94. The Morgan fingerprint density at radius 3 is 2.69 bits per heavy atom. The molecular formula is C21H20N2O8S. The number of hydrogen-bond acceptors (Lipinski definition) is 7. The SMILES string of the molecule is O=C(O)C(=O)Nc1sc2c(c1C(=O)O)CC(CNC(=O)C1CC(=O)C3CC=CC=C31)OC2. The number of allylic oxidation sites excluding steroid dienone is 3. The number of amides is 2. The van der Waals surface area contributed by atoms with Crippen LogP contribution >= 0.6 is 11.3 Å². The molecule has 2 aliphatic carbocycles. The monoisotopic (exact) mass is 460 g/mol. The molecule has 1 aliphatic heterocycles. The molecule has 1 aromatic heterocycles. The van der Waals surface area contributed by atoms with Gasteiger partial charge in [0.1, 0.15) is 10.8 Å². The van der Waals surface area contributed by atoms with Crippen molar-refractivity contribution in [3.63, 3.8) is 0 Å². The highest BCUT2D eigenvalue weighted by molar-refractivity contribution is 7.17. The first-order valence-electron chi connectivity index (χ1n) is 9.97. The highest BCUT2D eigenvalue weighted by atomic mass is 32.1. The van der Waals surface area contributed by atoms with E-state index >= 15 is 0 Å². The zero-order valence-electron chi connectivity index (χ0n) is 16.8. The van der Waals surface area contributed by atoms with Gasteiger partial charge in [-0.3, -0.25) is 14.4 Å². The van der Waals surface area contributed by atoms with Crippen LogP contribution in [0.5, 0.6) is 0 Å². The number of anilines is 1. The zero-order valence-corrected chi connectivity index (χ0v) is 17.6. The molecule has 2 amide bonds. The predicted molar refractivity (Wildman–Crippen MR) is 111 cm³/mol. The lowest BCUT2D eigenvalue weighted by Crippen LogP contribution is -2.39. The van der Waals surface area contributed by atoms with Gasteiger partial charge in [-0.05, 0) is 17.6 Å². The number of aromatic carboxylic acids is 1. The first-order valence-corrected chi connectivity index (χ1v) is 10.8. The van der Waals surface area contributed by atoms with E-state index in [-0.39, 0.29) is 54.2 Å². The van der Waals surface area contributed by atoms with E-state index in [0.717, 1.165) is 16.9 Å². The van der Waals surface area contributed by atoms with Crippen LogP contribution in [0.4, 0.5) is 5.00 Å². The lowest BCUT2D eigenvalue weighted by atomic mass is 9.90. The maximum absolute atomic E-state index is 12.7. The quantitative estimate of drug-likeness (QED) is 0.476. The van der Waals surface area contributed by atoms with Crippen molar-refractivity contribution in [1.29, 1.82) is 0 Å². The molecule has 1 fully saturated rings. The second-order valence-electron chi connectivity index (χ2n) is 7.76. The van der Waals surface area contributed by atoms with Crippen molar-refractivity contribution in [1.82, 2.24) is 5.32 Å². The van der Waals surface area contributed by atoms with E-state index in [1.54, 1.807) is 0 Å². The first kappa shape index (κ1) is 21.9. The van der Waals surface area contributed by atoms with Crippen LogP contribution in [0.25, 0.3) is 0 Å². The molecule has 1 aromatic rings. The number of carboxylic acids is 2. The van der Waals surface area contributed by atoms with E-state index in [1.807, 2.05) is 18.2 Å². The van der Waals surface area contributed by atoms with Gasteiger partial charge in [0, 0.05) is 30.2 Å². The topological polar surface area (TPSA) is 159 Å². The van der Waals surface area contributed by atoms with Crippen LogP contribution in [0, 0.1) is 11.8 Å². The van der Waals surface area contributed by atoms with Crippen LogP contribution in [-0.2, 0) is 36.9 Å². The maximum atomic E-state index is 12.7. The van der Waals surface area contributed by atoms with Gasteiger partial charge in [-0.2, -0.15) is 0 Å². The number of nitrogens with one attached hydrogen (secondary N) is 2. The van der Waals surface area contributed by atoms with E-state index in [2.05, 4.69) is 10.6 Å². The number of rotatable bonds is 5. The molecule has 0 aromatic carbocycles. The fourth-order valence-corrected chi connectivity index (χ4v) is 5.43. The van der Waals surface area contributed by atoms with E-state index in [0.29, 0.717) is 16.9 Å². The minimum absolute atomic E-state index is 0.0552. The third kappa shape index (κ3) is 4.08. The van der Waals surface area contributed by atoms with E-state index < -0.39 is 29.9 Å². The highest BCUT2D eigenvalue weighted by Gasteiger charge is 2.41. The molecule has 0 radical (unpaired) electrons. The Balaban J connectivity index is 1.43. The van der Waals surface area contributed by atoms with Crippen LogP contribution in [0.3, 0.4) is 0 Å². The smallest absolute Gasteiger partial charge is 0.394 e. The summed E-state index contributed by atoms with van der Waals surface area (Å²) in [4.78, 5) is 59.5. The van der Waals surface area contributed by atoms with Crippen LogP contribution in [0.2, 0.25) is 0 Å². The number of aliphatic carboxylic acids is 1. The second kappa shape index (κ2) is 8.67. The Labute approximate surface area is 185 Å². The van der Waals surface area contributed by atoms with Gasteiger partial charge in [0.15, 0.2) is 0 Å². The van der Waals surface area contributed by atoms with Gasteiger partial charge in [-0.25, -0.2) is 9.59 Å². The van der Waals surface area contributed by atoms with Gasteiger partial charge in [0.25, 0.3) is 0 Å². The predicted octanol–water partition coefficient (Wildman–Crippen LogP) is 1.12. The summed E-state index contributed by atoms with van der Waals surface area (Å²) in [5, 5.41) is 23.2. The number of ether oxygens (including phenoxy) is 1. The van der Waals surface area contributed by atoms with Gasteiger partial charge in [0.05, 0.1) is 24.2 Å². The Morgan fingerprint density at radius 2 is 1.97 bits per heavy atom. The van der Waals surface area contributed by atoms with Crippen LogP contribution in [0.15, 0.2) is 23.8 Å². The molecule has 11 heteroatoms. The summed E-state index contributed by atoms with van der Waals surface area (Å²) >= 11 is 0.956. The zero-order chi connectivity index (χ0) is 23.0. The van der Waals surface area contributed by atoms with Crippen molar-refractivity contribution in [2.75, 3.05) is 11.9 Å². The third-order valence-electron chi connectivity index (χ3n) is 5.82. The largest absolute Gasteiger partial charge is 0.478 e. The normalized spacial score (nSPS) is 23.7.